The number of anilines is 1. The van der Waals surface area contributed by atoms with Crippen LogP contribution in [0.15, 0.2) is 53.2 Å². The second-order valence-electron chi connectivity index (χ2n) is 7.87. The third-order valence-corrected chi connectivity index (χ3v) is 7.20. The highest BCUT2D eigenvalue weighted by Crippen LogP contribution is 2.27. The zero-order valence-corrected chi connectivity index (χ0v) is 19.5. The first-order valence-electron chi connectivity index (χ1n) is 10.8. The number of rotatable bonds is 8. The van der Waals surface area contributed by atoms with Crippen molar-refractivity contribution in [2.75, 3.05) is 5.32 Å². The van der Waals surface area contributed by atoms with Crippen molar-refractivity contribution in [2.45, 2.75) is 38.6 Å². The highest BCUT2D eigenvalue weighted by Gasteiger charge is 2.23. The molecule has 0 unspecified atom stereocenters. The number of nitrogens with one attached hydrogen (secondary N) is 2. The number of amides is 2. The molecule has 0 bridgehead atoms. The Morgan fingerprint density at radius 1 is 1.00 bits per heavy atom. The van der Waals surface area contributed by atoms with Crippen molar-refractivity contribution in [3.8, 4) is 5.69 Å². The summed E-state index contributed by atoms with van der Waals surface area (Å²) in [5.41, 5.74) is 5.12. The molecule has 168 valence electrons. The number of thiazole rings is 1. The molecule has 0 aliphatic heterocycles. The van der Waals surface area contributed by atoms with Crippen LogP contribution in [-0.4, -0.2) is 26.6 Å². The minimum absolute atomic E-state index is 0.106. The van der Waals surface area contributed by atoms with E-state index in [9.17, 15) is 9.59 Å². The number of para-hydroxylation sites is 1. The summed E-state index contributed by atoms with van der Waals surface area (Å²) in [6, 6.07) is 14.0. The smallest absolute Gasteiger partial charge is 0.231 e. The molecule has 0 radical (unpaired) electrons. The molecule has 0 saturated carbocycles. The molecule has 5 rings (SSSR count). The Balaban J connectivity index is 1.17. The number of aromatic nitrogens is 3. The van der Waals surface area contributed by atoms with Crippen molar-refractivity contribution in [2.24, 2.45) is 0 Å². The van der Waals surface area contributed by atoms with Gasteiger partial charge in [0, 0.05) is 16.0 Å². The van der Waals surface area contributed by atoms with Gasteiger partial charge in [0.15, 0.2) is 5.13 Å². The second-order valence-corrected chi connectivity index (χ2v) is 9.77. The van der Waals surface area contributed by atoms with E-state index in [-0.39, 0.29) is 18.2 Å². The van der Waals surface area contributed by atoms with Gasteiger partial charge >= 0.3 is 0 Å². The quantitative estimate of drug-likeness (QED) is 0.403. The zero-order chi connectivity index (χ0) is 22.6. The molecule has 4 aromatic rings. The number of carbonyl (C=O) groups excluding carboxylic acids is 2. The summed E-state index contributed by atoms with van der Waals surface area (Å²) >= 11 is 2.88. The molecule has 7 nitrogen and oxygen atoms in total. The molecule has 9 heteroatoms. The Morgan fingerprint density at radius 3 is 2.70 bits per heavy atom. The van der Waals surface area contributed by atoms with Gasteiger partial charge in [-0.05, 0) is 48.4 Å². The Bertz CT molecular complexity index is 1260. The Hall–Kier alpha value is -3.30. The van der Waals surface area contributed by atoms with E-state index in [0.717, 1.165) is 35.5 Å². The molecule has 2 amide bonds. The van der Waals surface area contributed by atoms with Crippen LogP contribution in [0.2, 0.25) is 0 Å². The maximum Gasteiger partial charge on any atom is 0.231 e. The predicted molar refractivity (Wildman–Crippen MR) is 130 cm³/mol. The Labute approximate surface area is 199 Å². The van der Waals surface area contributed by atoms with E-state index in [0.29, 0.717) is 23.8 Å². The SMILES string of the molecule is O=C(Cc1csc(NC(=O)Cc2cccs2)n1)NCc1nn(-c2ccccc2)c2c1CCC2. The number of benzene rings is 1. The van der Waals surface area contributed by atoms with Gasteiger partial charge in [-0.2, -0.15) is 5.10 Å². The molecule has 1 aliphatic carbocycles. The van der Waals surface area contributed by atoms with Gasteiger partial charge in [0.05, 0.1) is 36.5 Å². The van der Waals surface area contributed by atoms with Crippen molar-refractivity contribution in [3.63, 3.8) is 0 Å². The highest BCUT2D eigenvalue weighted by molar-refractivity contribution is 7.14. The van der Waals surface area contributed by atoms with Crippen molar-refractivity contribution in [1.82, 2.24) is 20.1 Å². The molecule has 0 saturated heterocycles. The zero-order valence-electron chi connectivity index (χ0n) is 17.9. The summed E-state index contributed by atoms with van der Waals surface area (Å²) in [5.74, 6) is -0.219. The summed E-state index contributed by atoms with van der Waals surface area (Å²) in [6.45, 7) is 0.398. The standard InChI is InChI=1S/C24H23N5O2S2/c30-22(12-16-15-33-24(26-16)27-23(31)13-18-8-5-11-32-18)25-14-20-19-9-4-10-21(19)29(28-20)17-6-2-1-3-7-17/h1-3,5-8,11,15H,4,9-10,12-14H2,(H,25,30)(H,26,27,31). The van der Waals surface area contributed by atoms with Crippen LogP contribution >= 0.6 is 22.7 Å². The van der Waals surface area contributed by atoms with Gasteiger partial charge in [0.25, 0.3) is 0 Å². The Kier molecular flexibility index (Phi) is 6.32. The number of nitrogens with zero attached hydrogens (tertiary/aromatic N) is 3. The van der Waals surface area contributed by atoms with Crippen LogP contribution in [0.5, 0.6) is 0 Å². The summed E-state index contributed by atoms with van der Waals surface area (Å²) in [7, 11) is 0. The van der Waals surface area contributed by atoms with E-state index < -0.39 is 0 Å². The lowest BCUT2D eigenvalue weighted by atomic mass is 10.2. The first-order chi connectivity index (χ1) is 16.2. The van der Waals surface area contributed by atoms with Gasteiger partial charge in [-0.1, -0.05) is 24.3 Å². The van der Waals surface area contributed by atoms with Crippen LogP contribution in [0.25, 0.3) is 5.69 Å². The maximum atomic E-state index is 12.5. The Morgan fingerprint density at radius 2 is 1.88 bits per heavy atom. The molecule has 1 aromatic carbocycles. The fraction of sp³-hybridized carbons (Fsp3) is 0.250. The minimum atomic E-state index is -0.113. The molecular weight excluding hydrogens is 454 g/mol. The van der Waals surface area contributed by atoms with Gasteiger partial charge in [-0.3, -0.25) is 9.59 Å². The number of hydrogen-bond donors (Lipinski definition) is 2. The van der Waals surface area contributed by atoms with Gasteiger partial charge in [0.2, 0.25) is 11.8 Å². The lowest BCUT2D eigenvalue weighted by Gasteiger charge is -2.05. The van der Waals surface area contributed by atoms with Crippen LogP contribution < -0.4 is 10.6 Å². The lowest BCUT2D eigenvalue weighted by Crippen LogP contribution is -2.25. The number of hydrogen-bond acceptors (Lipinski definition) is 6. The first-order valence-corrected chi connectivity index (χ1v) is 12.6. The van der Waals surface area contributed by atoms with Gasteiger partial charge in [-0.25, -0.2) is 9.67 Å². The predicted octanol–water partition coefficient (Wildman–Crippen LogP) is 3.92. The van der Waals surface area contributed by atoms with Gasteiger partial charge in [-0.15, -0.1) is 22.7 Å². The molecule has 3 aromatic heterocycles. The van der Waals surface area contributed by atoms with Crippen LogP contribution in [0.4, 0.5) is 5.13 Å². The second kappa shape index (κ2) is 9.68. The molecule has 2 N–H and O–H groups in total. The molecule has 3 heterocycles. The molecule has 0 spiro atoms. The normalized spacial score (nSPS) is 12.5. The third kappa shape index (κ3) is 5.04. The van der Waals surface area contributed by atoms with Gasteiger partial charge < -0.3 is 10.6 Å². The minimum Gasteiger partial charge on any atom is -0.350 e. The fourth-order valence-corrected chi connectivity index (χ4v) is 5.46. The van der Waals surface area contributed by atoms with Crippen molar-refractivity contribution in [3.05, 3.63) is 80.7 Å². The van der Waals surface area contributed by atoms with Crippen molar-refractivity contribution in [1.29, 1.82) is 0 Å². The van der Waals surface area contributed by atoms with E-state index in [4.69, 9.17) is 5.10 Å². The van der Waals surface area contributed by atoms with Gasteiger partial charge in [0.1, 0.15) is 0 Å². The third-order valence-electron chi connectivity index (χ3n) is 5.52. The summed E-state index contributed by atoms with van der Waals surface area (Å²) in [4.78, 5) is 30.1. The van der Waals surface area contributed by atoms with Crippen molar-refractivity contribution < 1.29 is 9.59 Å². The summed E-state index contributed by atoms with van der Waals surface area (Å²) < 4.78 is 2.01. The van der Waals surface area contributed by atoms with E-state index in [1.807, 2.05) is 57.9 Å². The topological polar surface area (TPSA) is 88.9 Å². The number of thiophene rings is 1. The molecule has 0 fully saturated rings. The van der Waals surface area contributed by atoms with E-state index in [2.05, 4.69) is 15.6 Å². The van der Waals surface area contributed by atoms with E-state index in [1.54, 1.807) is 11.3 Å². The van der Waals surface area contributed by atoms with E-state index >= 15 is 0 Å². The average Bonchev–Trinajstić information content (AvgIpc) is 3.59. The first kappa shape index (κ1) is 21.5. The van der Waals surface area contributed by atoms with Crippen LogP contribution in [0.1, 0.15) is 33.9 Å². The van der Waals surface area contributed by atoms with Crippen LogP contribution in [0, 0.1) is 0 Å². The molecule has 1 aliphatic rings. The average molecular weight is 478 g/mol. The number of carbonyl (C=O) groups is 2. The summed E-state index contributed by atoms with van der Waals surface area (Å²) in [5, 5.41) is 14.9. The lowest BCUT2D eigenvalue weighted by molar-refractivity contribution is -0.120. The fourth-order valence-electron chi connectivity index (χ4n) is 4.03. The molecular formula is C24H23N5O2S2. The van der Waals surface area contributed by atoms with Crippen LogP contribution in [0.3, 0.4) is 0 Å². The summed E-state index contributed by atoms with van der Waals surface area (Å²) in [6.07, 6.45) is 3.60. The number of fused-ring (bicyclic) bond motifs is 1. The van der Waals surface area contributed by atoms with Crippen LogP contribution in [-0.2, 0) is 41.8 Å². The van der Waals surface area contributed by atoms with E-state index in [1.165, 1.54) is 22.6 Å². The highest BCUT2D eigenvalue weighted by atomic mass is 32.1. The largest absolute Gasteiger partial charge is 0.350 e. The monoisotopic (exact) mass is 477 g/mol. The van der Waals surface area contributed by atoms with Crippen molar-refractivity contribution >= 4 is 39.6 Å². The maximum absolute atomic E-state index is 12.5. The molecule has 33 heavy (non-hydrogen) atoms. The molecule has 0 atom stereocenters.